The van der Waals surface area contributed by atoms with Crippen LogP contribution in [0.25, 0.3) is 15.8 Å². The Hall–Kier alpha value is -3.40. The topological polar surface area (TPSA) is 141 Å². The van der Waals surface area contributed by atoms with Crippen LogP contribution in [0.4, 0.5) is 5.95 Å². The Labute approximate surface area is 319 Å². The van der Waals surface area contributed by atoms with Crippen molar-refractivity contribution in [3.05, 3.63) is 47.8 Å². The quantitative estimate of drug-likeness (QED) is 0.105. The number of ether oxygens (including phenoxy) is 3. The van der Waals surface area contributed by atoms with Gasteiger partial charge in [0.25, 0.3) is 5.19 Å². The maximum absolute atomic E-state index is 13.3. The largest absolute Gasteiger partial charge is 0.467 e. The highest BCUT2D eigenvalue weighted by Gasteiger charge is 2.31. The van der Waals surface area contributed by atoms with Gasteiger partial charge in [-0.15, -0.1) is 0 Å². The molecule has 290 valence electrons. The van der Waals surface area contributed by atoms with E-state index >= 15 is 0 Å². The number of rotatable bonds is 17. The molecule has 0 N–H and O–H groups in total. The molecule has 12 nitrogen and oxygen atoms in total. The summed E-state index contributed by atoms with van der Waals surface area (Å²) >= 11 is 1.54. The van der Waals surface area contributed by atoms with Crippen molar-refractivity contribution in [2.24, 2.45) is 0 Å². The fourth-order valence-electron chi connectivity index (χ4n) is 6.23. The zero-order chi connectivity index (χ0) is 38.2. The lowest BCUT2D eigenvalue weighted by atomic mass is 10.0. The number of sulfonamides is 1. The molecule has 5 rings (SSSR count). The number of benzene rings is 1. The number of aromatic nitrogens is 3. The van der Waals surface area contributed by atoms with E-state index in [2.05, 4.69) is 47.5 Å². The van der Waals surface area contributed by atoms with Crippen molar-refractivity contribution in [3.8, 4) is 5.19 Å². The van der Waals surface area contributed by atoms with Crippen molar-refractivity contribution in [2.75, 3.05) is 43.4 Å². The number of hydrogen-bond acceptors (Lipinski definition) is 12. The van der Waals surface area contributed by atoms with Crippen LogP contribution >= 0.6 is 11.3 Å². The Bertz CT molecular complexity index is 1850. The summed E-state index contributed by atoms with van der Waals surface area (Å²) in [4.78, 5) is 40.5. The van der Waals surface area contributed by atoms with E-state index in [0.717, 1.165) is 72.1 Å². The van der Waals surface area contributed by atoms with Gasteiger partial charge < -0.3 is 19.1 Å². The number of esters is 2. The van der Waals surface area contributed by atoms with Gasteiger partial charge >= 0.3 is 11.9 Å². The van der Waals surface area contributed by atoms with Gasteiger partial charge in [0, 0.05) is 65.9 Å². The minimum atomic E-state index is -3.58. The molecule has 0 amide bonds. The molecule has 0 unspecified atom stereocenters. The zero-order valence-corrected chi connectivity index (χ0v) is 34.7. The maximum atomic E-state index is 13.3. The van der Waals surface area contributed by atoms with Crippen molar-refractivity contribution < 1.29 is 32.2 Å². The minimum Gasteiger partial charge on any atom is -0.467 e. The first-order chi connectivity index (χ1) is 25.1. The molecule has 2 aliphatic rings. The first-order valence-electron chi connectivity index (χ1n) is 18.8. The normalized spacial score (nSPS) is 16.4. The van der Waals surface area contributed by atoms with E-state index in [0.29, 0.717) is 24.8 Å². The Morgan fingerprint density at radius 3 is 2.42 bits per heavy atom. The van der Waals surface area contributed by atoms with Gasteiger partial charge in [-0.2, -0.15) is 4.31 Å². The lowest BCUT2D eigenvalue weighted by Crippen LogP contribution is -2.39. The molecule has 1 aromatic carbocycles. The summed E-state index contributed by atoms with van der Waals surface area (Å²) in [6.45, 7) is 14.8. The van der Waals surface area contributed by atoms with Crippen molar-refractivity contribution in [1.29, 1.82) is 0 Å². The highest BCUT2D eigenvalue weighted by Crippen LogP contribution is 2.34. The molecule has 0 radical (unpaired) electrons. The molecular formula is C38H55N5O7S2Si. The third-order valence-electron chi connectivity index (χ3n) is 9.53. The van der Waals surface area contributed by atoms with E-state index in [4.69, 9.17) is 19.2 Å². The molecule has 15 heteroatoms. The molecule has 53 heavy (non-hydrogen) atoms. The fourth-order valence-corrected chi connectivity index (χ4v) is 9.54. The Kier molecular flexibility index (Phi) is 13.7. The molecule has 2 aromatic heterocycles. The third-order valence-corrected chi connectivity index (χ3v) is 14.0. The van der Waals surface area contributed by atoms with Crippen LogP contribution in [-0.4, -0.2) is 97.9 Å². The SMILES string of the molecule is CCCc1cnc(N2CCC(Oc3nc4ccc(C5=CCN(S(=O)(=O)CCC(C)(C)OC(=O)CCC(=O)OCC[Si](C)(C)C)CC5)cc4s3)CC2)nc1. The average molecular weight is 786 g/mol. The van der Waals surface area contributed by atoms with Crippen molar-refractivity contribution in [2.45, 2.75) is 110 Å². The number of carbonyl (C=O) groups excluding carboxylic acids is 2. The van der Waals surface area contributed by atoms with E-state index in [1.54, 1.807) is 13.8 Å². The van der Waals surface area contributed by atoms with Crippen molar-refractivity contribution in [1.82, 2.24) is 19.3 Å². The summed E-state index contributed by atoms with van der Waals surface area (Å²) in [7, 11) is -4.90. The van der Waals surface area contributed by atoms with Gasteiger partial charge in [-0.05, 0) is 61.6 Å². The summed E-state index contributed by atoms with van der Waals surface area (Å²) in [5.41, 5.74) is 3.20. The van der Waals surface area contributed by atoms with Gasteiger partial charge in [-0.3, -0.25) is 9.59 Å². The molecule has 3 aromatic rings. The summed E-state index contributed by atoms with van der Waals surface area (Å²) in [6.07, 6.45) is 10.3. The number of anilines is 1. The van der Waals surface area contributed by atoms with Crippen LogP contribution in [0.5, 0.6) is 5.19 Å². The summed E-state index contributed by atoms with van der Waals surface area (Å²) in [5.74, 6) is -0.343. The van der Waals surface area contributed by atoms with Crippen LogP contribution in [0, 0.1) is 0 Å². The number of carbonyl (C=O) groups is 2. The van der Waals surface area contributed by atoms with Crippen LogP contribution in [-0.2, 0) is 35.5 Å². The van der Waals surface area contributed by atoms with Gasteiger partial charge in [-0.1, -0.05) is 56.5 Å². The van der Waals surface area contributed by atoms with E-state index in [9.17, 15) is 18.0 Å². The van der Waals surface area contributed by atoms with Crippen LogP contribution in [0.15, 0.2) is 36.7 Å². The van der Waals surface area contributed by atoms with Crippen LogP contribution in [0.2, 0.25) is 25.7 Å². The first-order valence-corrected chi connectivity index (χ1v) is 24.9. The van der Waals surface area contributed by atoms with Gasteiger partial charge in [0.2, 0.25) is 16.0 Å². The molecule has 1 fully saturated rings. The third kappa shape index (κ3) is 12.3. The zero-order valence-electron chi connectivity index (χ0n) is 32.1. The van der Waals surface area contributed by atoms with Crippen LogP contribution < -0.4 is 9.64 Å². The monoisotopic (exact) mass is 785 g/mol. The van der Waals surface area contributed by atoms with Gasteiger partial charge in [0.1, 0.15) is 11.7 Å². The predicted molar refractivity (Wildman–Crippen MR) is 213 cm³/mol. The molecule has 0 spiro atoms. The van der Waals surface area contributed by atoms with E-state index < -0.39 is 35.6 Å². The lowest BCUT2D eigenvalue weighted by Gasteiger charge is -2.31. The molecule has 0 saturated carbocycles. The smallest absolute Gasteiger partial charge is 0.306 e. The summed E-state index contributed by atoms with van der Waals surface area (Å²) < 4.78 is 46.2. The summed E-state index contributed by atoms with van der Waals surface area (Å²) in [5, 5.41) is 0.662. The van der Waals surface area contributed by atoms with E-state index in [1.165, 1.54) is 21.2 Å². The summed E-state index contributed by atoms with van der Waals surface area (Å²) in [6, 6.07) is 7.02. The number of piperidine rings is 1. The van der Waals surface area contributed by atoms with Gasteiger partial charge in [0.15, 0.2) is 0 Å². The Balaban J connectivity index is 1.06. The average Bonchev–Trinajstić information content (AvgIpc) is 3.52. The standard InChI is InChI=1S/C38H55N5O7S2Si/c1-7-8-28-26-39-36(40-27-28)42-18-15-31(16-19-42)49-37-41-32-10-9-30(25-33(32)51-37)29-13-20-43(21-14-29)52(46,47)23-17-38(2,3)50-35(45)12-11-34(44)48-22-24-53(4,5)6/h9-10,13,25-27,31H,7-8,11-12,14-24H2,1-6H3. The van der Waals surface area contributed by atoms with E-state index in [1.807, 2.05) is 30.6 Å². The highest BCUT2D eigenvalue weighted by atomic mass is 32.2. The number of fused-ring (bicyclic) bond motifs is 1. The van der Waals surface area contributed by atoms with Crippen molar-refractivity contribution >= 4 is 63.1 Å². The Morgan fingerprint density at radius 1 is 1.04 bits per heavy atom. The van der Waals surface area contributed by atoms with Gasteiger partial charge in [-0.25, -0.2) is 23.4 Å². The predicted octanol–water partition coefficient (Wildman–Crippen LogP) is 6.88. The highest BCUT2D eigenvalue weighted by molar-refractivity contribution is 7.89. The second-order valence-electron chi connectivity index (χ2n) is 15.8. The fraction of sp³-hybridized carbons (Fsp3) is 0.605. The lowest BCUT2D eigenvalue weighted by molar-refractivity contribution is -0.159. The maximum Gasteiger partial charge on any atom is 0.306 e. The minimum absolute atomic E-state index is 0.0579. The number of aryl methyl sites for hydroxylation is 1. The van der Waals surface area contributed by atoms with Gasteiger partial charge in [0.05, 0.1) is 35.4 Å². The van der Waals surface area contributed by atoms with Crippen LogP contribution in [0.3, 0.4) is 0 Å². The number of hydrogen-bond donors (Lipinski definition) is 0. The Morgan fingerprint density at radius 2 is 1.75 bits per heavy atom. The van der Waals surface area contributed by atoms with E-state index in [-0.39, 0.29) is 37.7 Å². The molecule has 0 bridgehead atoms. The molecule has 4 heterocycles. The van der Waals surface area contributed by atoms with Crippen molar-refractivity contribution in [3.63, 3.8) is 0 Å². The van der Waals surface area contributed by atoms with Crippen LogP contribution in [0.1, 0.15) is 76.8 Å². The number of nitrogens with zero attached hydrogens (tertiary/aromatic N) is 5. The molecule has 1 saturated heterocycles. The second kappa shape index (κ2) is 17.8. The molecule has 0 atom stereocenters. The number of thiazole rings is 1. The second-order valence-corrected chi connectivity index (χ2v) is 24.5. The molecule has 2 aliphatic heterocycles. The first kappa shape index (κ1) is 40.8. The molecular weight excluding hydrogens is 731 g/mol. The molecule has 0 aliphatic carbocycles.